The summed E-state index contributed by atoms with van der Waals surface area (Å²) < 4.78 is 25.7. The molecule has 5 nitrogen and oxygen atoms in total. The maximum Gasteiger partial charge on any atom is 0.218 e. The van der Waals surface area contributed by atoms with Gasteiger partial charge in [0.15, 0.2) is 0 Å². The van der Waals surface area contributed by atoms with E-state index in [4.69, 9.17) is 21.1 Å². The summed E-state index contributed by atoms with van der Waals surface area (Å²) in [5, 5.41) is 1.38. The van der Waals surface area contributed by atoms with Crippen LogP contribution >= 0.6 is 11.6 Å². The smallest absolute Gasteiger partial charge is 0.218 e. The summed E-state index contributed by atoms with van der Waals surface area (Å²) in [6, 6.07) is 5.33. The van der Waals surface area contributed by atoms with Gasteiger partial charge in [0.1, 0.15) is 10.5 Å². The predicted octanol–water partition coefficient (Wildman–Crippen LogP) is 4.02. The Hall–Kier alpha value is -1.21. The van der Waals surface area contributed by atoms with Gasteiger partial charge >= 0.3 is 0 Å². The Morgan fingerprint density at radius 3 is 2.42 bits per heavy atom. The zero-order chi connectivity index (χ0) is 18.1. The zero-order valence-electron chi connectivity index (χ0n) is 14.8. The molecule has 1 unspecified atom stereocenters. The van der Waals surface area contributed by atoms with Crippen molar-refractivity contribution in [1.82, 2.24) is 9.71 Å². The maximum atomic E-state index is 12.4. The Labute approximate surface area is 151 Å². The van der Waals surface area contributed by atoms with Crippen LogP contribution in [0.3, 0.4) is 0 Å². The molecule has 0 saturated carbocycles. The van der Waals surface area contributed by atoms with Crippen molar-refractivity contribution in [2.24, 2.45) is 0 Å². The first kappa shape index (κ1) is 19.1. The molecule has 1 aromatic carbocycles. The minimum Gasteiger partial charge on any atom is -0.598 e. The first-order chi connectivity index (χ1) is 11.2. The number of pyridine rings is 1. The normalized spacial score (nSPS) is 14.5. The van der Waals surface area contributed by atoms with E-state index in [0.717, 1.165) is 16.5 Å². The largest absolute Gasteiger partial charge is 0.598 e. The van der Waals surface area contributed by atoms with Crippen LogP contribution < -0.4 is 14.2 Å². The highest BCUT2D eigenvalue weighted by atomic mass is 35.5. The Morgan fingerprint density at radius 2 is 1.88 bits per heavy atom. The van der Waals surface area contributed by atoms with Gasteiger partial charge in [0.25, 0.3) is 0 Å². The third-order valence-corrected chi connectivity index (χ3v) is 5.56. The number of hydrogen-bond acceptors (Lipinski definition) is 5. The predicted molar refractivity (Wildman–Crippen MR) is 99.3 cm³/mol. The molecule has 2 aromatic rings. The molecule has 0 bridgehead atoms. The van der Waals surface area contributed by atoms with Crippen molar-refractivity contribution < 1.29 is 14.0 Å². The number of halogens is 1. The Morgan fingerprint density at radius 1 is 1.21 bits per heavy atom. The second kappa shape index (κ2) is 7.35. The molecule has 24 heavy (non-hydrogen) atoms. The average molecular weight is 371 g/mol. The second-order valence-corrected chi connectivity index (χ2v) is 8.89. The zero-order valence-corrected chi connectivity index (χ0v) is 16.3. The molecule has 0 saturated heterocycles. The monoisotopic (exact) mass is 370 g/mol. The minimum atomic E-state index is -1.20. The van der Waals surface area contributed by atoms with Crippen LogP contribution in [-0.2, 0) is 11.4 Å². The molecule has 0 aliphatic rings. The number of fused-ring (bicyclic) bond motifs is 1. The first-order valence-corrected chi connectivity index (χ1v) is 9.10. The molecule has 1 aromatic heterocycles. The highest BCUT2D eigenvalue weighted by molar-refractivity contribution is 7.90. The molecule has 2 rings (SSSR count). The van der Waals surface area contributed by atoms with Crippen LogP contribution in [0.25, 0.3) is 10.9 Å². The first-order valence-electron chi connectivity index (χ1n) is 7.57. The van der Waals surface area contributed by atoms with Crippen molar-refractivity contribution in [2.75, 3.05) is 14.2 Å². The van der Waals surface area contributed by atoms with E-state index >= 15 is 0 Å². The van der Waals surface area contributed by atoms with Gasteiger partial charge in [-0.05, 0) is 39.8 Å². The van der Waals surface area contributed by atoms with Crippen molar-refractivity contribution in [3.05, 3.63) is 28.8 Å². The minimum absolute atomic E-state index is 0.196. The number of nitrogens with zero attached hydrogens (tertiary/aromatic N) is 1. The molecule has 0 amide bonds. The molecule has 2 atom stereocenters. The number of methoxy groups -OCH3 is 2. The number of nitrogens with one attached hydrogen (secondary N) is 1. The van der Waals surface area contributed by atoms with Gasteiger partial charge in [0.05, 0.1) is 30.8 Å². The lowest BCUT2D eigenvalue weighted by molar-refractivity contribution is 0.389. The quantitative estimate of drug-likeness (QED) is 0.805. The van der Waals surface area contributed by atoms with E-state index in [1.807, 2.05) is 33.8 Å². The Balaban J connectivity index is 2.45. The fourth-order valence-corrected chi connectivity index (χ4v) is 3.26. The van der Waals surface area contributed by atoms with Gasteiger partial charge < -0.3 is 14.0 Å². The molecule has 132 valence electrons. The van der Waals surface area contributed by atoms with Crippen LogP contribution in [-0.4, -0.2) is 28.5 Å². The van der Waals surface area contributed by atoms with Crippen LogP contribution in [0.1, 0.15) is 39.3 Å². The van der Waals surface area contributed by atoms with Gasteiger partial charge in [-0.25, -0.2) is 4.98 Å². The molecule has 0 aliphatic heterocycles. The van der Waals surface area contributed by atoms with E-state index in [-0.39, 0.29) is 10.8 Å². The number of aromatic nitrogens is 1. The van der Waals surface area contributed by atoms with E-state index in [9.17, 15) is 4.55 Å². The summed E-state index contributed by atoms with van der Waals surface area (Å²) in [5.41, 5.74) is 1.55. The third-order valence-electron chi connectivity index (χ3n) is 3.58. The molecular weight excluding hydrogens is 348 g/mol. The molecule has 0 radical (unpaired) electrons. The van der Waals surface area contributed by atoms with Crippen molar-refractivity contribution in [1.29, 1.82) is 0 Å². The summed E-state index contributed by atoms with van der Waals surface area (Å²) in [6.45, 7) is 7.69. The lowest BCUT2D eigenvalue weighted by Crippen LogP contribution is -2.40. The summed E-state index contributed by atoms with van der Waals surface area (Å²) in [7, 11) is 3.13. The van der Waals surface area contributed by atoms with E-state index < -0.39 is 11.4 Å². The molecule has 0 aliphatic carbocycles. The summed E-state index contributed by atoms with van der Waals surface area (Å²) in [6.07, 6.45) is 0. The molecule has 7 heteroatoms. The van der Waals surface area contributed by atoms with E-state index in [2.05, 4.69) is 9.71 Å². The number of ether oxygens (including phenoxy) is 2. The van der Waals surface area contributed by atoms with Gasteiger partial charge in [-0.3, -0.25) is 0 Å². The Bertz CT molecular complexity index is 734. The van der Waals surface area contributed by atoms with E-state index in [1.165, 1.54) is 0 Å². The number of benzene rings is 1. The van der Waals surface area contributed by atoms with Gasteiger partial charge in [0.2, 0.25) is 5.88 Å². The van der Waals surface area contributed by atoms with E-state index in [0.29, 0.717) is 16.7 Å². The van der Waals surface area contributed by atoms with Crippen molar-refractivity contribution in [3.63, 3.8) is 0 Å². The highest BCUT2D eigenvalue weighted by Gasteiger charge is 2.29. The van der Waals surface area contributed by atoms with Crippen molar-refractivity contribution in [2.45, 2.75) is 38.5 Å². The molecular formula is C17H23ClN2O3S. The molecule has 1 N–H and O–H groups in total. The lowest BCUT2D eigenvalue weighted by atomic mass is 10.1. The second-order valence-electron chi connectivity index (χ2n) is 6.49. The van der Waals surface area contributed by atoms with Crippen LogP contribution in [0.2, 0.25) is 5.02 Å². The fourth-order valence-electron chi connectivity index (χ4n) is 2.20. The SMILES string of the molecule is COc1cc2nc(OC)c(C(C)N[S@@+]([O-])C(C)(C)C)cc2cc1Cl. The van der Waals surface area contributed by atoms with E-state index in [1.54, 1.807) is 26.4 Å². The summed E-state index contributed by atoms with van der Waals surface area (Å²) in [4.78, 5) is 4.53. The van der Waals surface area contributed by atoms with Gasteiger partial charge in [0, 0.05) is 28.4 Å². The maximum absolute atomic E-state index is 12.4. The number of hydrogen-bond donors (Lipinski definition) is 1. The molecule has 1 heterocycles. The van der Waals surface area contributed by atoms with Crippen LogP contribution in [0.4, 0.5) is 0 Å². The molecule has 0 spiro atoms. The van der Waals surface area contributed by atoms with Crippen LogP contribution in [0.15, 0.2) is 18.2 Å². The standard InChI is InChI=1S/C17H23ClN2O3S/c1-10(20-24(21)17(2,3)4)12-7-11-8-13(18)15(22-5)9-14(11)19-16(12)23-6/h7-10,20H,1-6H3/t10?,24-/m0/s1. The van der Waals surface area contributed by atoms with Gasteiger partial charge in [-0.15, -0.1) is 4.72 Å². The Kier molecular flexibility index (Phi) is 5.86. The van der Waals surface area contributed by atoms with Crippen LogP contribution in [0.5, 0.6) is 11.6 Å². The van der Waals surface area contributed by atoms with Gasteiger partial charge in [-0.2, -0.15) is 0 Å². The average Bonchev–Trinajstić information content (AvgIpc) is 2.51. The summed E-state index contributed by atoms with van der Waals surface area (Å²) in [5.74, 6) is 1.05. The lowest BCUT2D eigenvalue weighted by Gasteiger charge is -2.27. The highest BCUT2D eigenvalue weighted by Crippen LogP contribution is 2.34. The van der Waals surface area contributed by atoms with Gasteiger partial charge in [-0.1, -0.05) is 11.6 Å². The fraction of sp³-hybridized carbons (Fsp3) is 0.471. The summed E-state index contributed by atoms with van der Waals surface area (Å²) >= 11 is 5.00. The van der Waals surface area contributed by atoms with Crippen molar-refractivity contribution >= 4 is 33.9 Å². The van der Waals surface area contributed by atoms with Crippen molar-refractivity contribution in [3.8, 4) is 11.6 Å². The van der Waals surface area contributed by atoms with Crippen LogP contribution in [0, 0.1) is 0 Å². The molecule has 0 fully saturated rings. The third kappa shape index (κ3) is 4.06. The number of rotatable bonds is 5. The topological polar surface area (TPSA) is 66.4 Å².